The molecule has 1 aliphatic carbocycles. The third-order valence-electron chi connectivity index (χ3n) is 1.18. The maximum Gasteiger partial charge on any atom is 1.00 e. The van der Waals surface area contributed by atoms with E-state index in [0.717, 1.165) is 18.2 Å². The molecule has 1 rings (SSSR count). The molecule has 0 aliphatic heterocycles. The number of aliphatic carboxylic acids is 1. The van der Waals surface area contributed by atoms with Gasteiger partial charge in [0, 0.05) is 5.57 Å². The molecule has 0 saturated carbocycles. The van der Waals surface area contributed by atoms with Gasteiger partial charge in [-0.25, -0.2) is 0 Å². The van der Waals surface area contributed by atoms with Crippen LogP contribution in [0.5, 0.6) is 0 Å². The molecule has 0 spiro atoms. The zero-order valence-corrected chi connectivity index (χ0v) is 8.37. The number of carbonyl (C=O) groups excluding carboxylic acids is 3. The van der Waals surface area contributed by atoms with Crippen molar-refractivity contribution in [2.75, 3.05) is 0 Å². The van der Waals surface area contributed by atoms with Crippen LogP contribution in [0.3, 0.4) is 0 Å². The first-order valence-electron chi connectivity index (χ1n) is 2.80. The van der Waals surface area contributed by atoms with Crippen molar-refractivity contribution in [3.8, 4) is 0 Å². The Hall–Kier alpha value is -0.710. The summed E-state index contributed by atoms with van der Waals surface area (Å²) in [5, 5.41) is 10.1. The van der Waals surface area contributed by atoms with Crippen LogP contribution in [0.2, 0.25) is 0 Å². The van der Waals surface area contributed by atoms with Gasteiger partial charge in [0.1, 0.15) is 0 Å². The maximum atomic E-state index is 10.5. The number of hydrogen-bond donors (Lipinski definition) is 0. The van der Waals surface area contributed by atoms with Gasteiger partial charge in [-0.15, -0.1) is 0 Å². The predicted octanol–water partition coefficient (Wildman–Crippen LogP) is -4.63. The molecule has 0 saturated heterocycles. The van der Waals surface area contributed by atoms with Crippen molar-refractivity contribution in [3.63, 3.8) is 0 Å². The van der Waals surface area contributed by atoms with E-state index in [1.807, 2.05) is 0 Å². The van der Waals surface area contributed by atoms with E-state index in [-0.39, 0.29) is 35.1 Å². The van der Waals surface area contributed by atoms with Gasteiger partial charge in [-0.05, 0) is 18.2 Å². The largest absolute Gasteiger partial charge is 1.00 e. The monoisotopic (exact) mass is 174 g/mol. The number of carboxylic acid groups (broad SMARTS) is 1. The van der Waals surface area contributed by atoms with Gasteiger partial charge in [0.2, 0.25) is 11.6 Å². The number of carboxylic acids is 1. The van der Waals surface area contributed by atoms with E-state index in [1.165, 1.54) is 0 Å². The van der Waals surface area contributed by atoms with Gasteiger partial charge in [0.15, 0.2) is 0 Å². The van der Waals surface area contributed by atoms with Crippen molar-refractivity contribution in [1.29, 1.82) is 0 Å². The summed E-state index contributed by atoms with van der Waals surface area (Å²) >= 11 is 0. The van der Waals surface area contributed by atoms with E-state index in [9.17, 15) is 19.5 Å². The topological polar surface area (TPSA) is 74.3 Å². The normalized spacial score (nSPS) is 15.2. The minimum Gasteiger partial charge on any atom is -0.545 e. The van der Waals surface area contributed by atoms with Gasteiger partial charge in [-0.1, -0.05) is 0 Å². The van der Waals surface area contributed by atoms with Gasteiger partial charge in [0.05, 0.1) is 5.97 Å². The van der Waals surface area contributed by atoms with Crippen LogP contribution >= 0.6 is 0 Å². The minimum absolute atomic E-state index is 0. The Morgan fingerprint density at radius 2 is 1.75 bits per heavy atom. The molecule has 0 radical (unpaired) electrons. The van der Waals surface area contributed by atoms with Crippen molar-refractivity contribution in [2.45, 2.75) is 0 Å². The third kappa shape index (κ3) is 2.41. The number of rotatable bonds is 1. The van der Waals surface area contributed by atoms with Crippen LogP contribution in [0.1, 0.15) is 0 Å². The molecule has 0 aromatic carbocycles. The second-order valence-electron chi connectivity index (χ2n) is 1.95. The average molecular weight is 174 g/mol. The summed E-state index contributed by atoms with van der Waals surface area (Å²) < 4.78 is 0. The zero-order valence-electron chi connectivity index (χ0n) is 6.37. The summed E-state index contributed by atoms with van der Waals surface area (Å²) in [5.41, 5.74) is -0.269. The Balaban J connectivity index is 0.00000121. The molecule has 4 nitrogen and oxygen atoms in total. The van der Waals surface area contributed by atoms with Crippen molar-refractivity contribution >= 4 is 17.5 Å². The van der Waals surface area contributed by atoms with E-state index >= 15 is 0 Å². The summed E-state index contributed by atoms with van der Waals surface area (Å²) in [6.45, 7) is 0. The molecule has 0 N–H and O–H groups in total. The van der Waals surface area contributed by atoms with Crippen LogP contribution < -0.4 is 34.7 Å². The van der Waals surface area contributed by atoms with E-state index in [2.05, 4.69) is 0 Å². The molecule has 0 aromatic heterocycles. The van der Waals surface area contributed by atoms with E-state index in [4.69, 9.17) is 0 Å². The van der Waals surface area contributed by atoms with Crippen LogP contribution in [0, 0.1) is 0 Å². The predicted molar refractivity (Wildman–Crippen MR) is 32.2 cm³/mol. The van der Waals surface area contributed by atoms with Crippen molar-refractivity contribution in [3.05, 3.63) is 23.8 Å². The number of hydrogen-bond acceptors (Lipinski definition) is 4. The number of allylic oxidation sites excluding steroid dienone is 2. The molecule has 0 aromatic rings. The van der Waals surface area contributed by atoms with E-state index in [1.54, 1.807) is 0 Å². The number of ketones is 2. The molecule has 0 atom stereocenters. The zero-order chi connectivity index (χ0) is 8.43. The second kappa shape index (κ2) is 4.35. The van der Waals surface area contributed by atoms with Crippen LogP contribution in [0.25, 0.3) is 0 Å². The fourth-order valence-corrected chi connectivity index (χ4v) is 0.635. The third-order valence-corrected chi connectivity index (χ3v) is 1.18. The first-order valence-corrected chi connectivity index (χ1v) is 2.80. The minimum atomic E-state index is -1.46. The van der Waals surface area contributed by atoms with Gasteiger partial charge in [-0.2, -0.15) is 0 Å². The summed E-state index contributed by atoms with van der Waals surface area (Å²) in [7, 11) is 0. The molecule has 56 valence electrons. The Bertz CT molecular complexity index is 301. The van der Waals surface area contributed by atoms with Gasteiger partial charge in [-0.3, -0.25) is 9.59 Å². The fraction of sp³-hybridized carbons (Fsp3) is 0. The van der Waals surface area contributed by atoms with Crippen LogP contribution in [-0.4, -0.2) is 17.5 Å². The van der Waals surface area contributed by atoms with Gasteiger partial charge < -0.3 is 9.90 Å². The Labute approximate surface area is 90.2 Å². The molecular formula is C7H3NaO4. The molecule has 0 amide bonds. The molecular weight excluding hydrogens is 171 g/mol. The summed E-state index contributed by atoms with van der Waals surface area (Å²) in [5.74, 6) is -3.00. The molecule has 12 heavy (non-hydrogen) atoms. The molecule has 0 bridgehead atoms. The van der Waals surface area contributed by atoms with Crippen molar-refractivity contribution in [2.24, 2.45) is 0 Å². The molecule has 5 heteroatoms. The molecule has 0 fully saturated rings. The van der Waals surface area contributed by atoms with Crippen molar-refractivity contribution in [1.82, 2.24) is 0 Å². The van der Waals surface area contributed by atoms with E-state index < -0.39 is 17.5 Å². The first-order chi connectivity index (χ1) is 5.11. The van der Waals surface area contributed by atoms with Crippen LogP contribution in [-0.2, 0) is 14.4 Å². The first kappa shape index (κ1) is 11.3. The maximum absolute atomic E-state index is 10.5. The molecule has 0 unspecified atom stereocenters. The smallest absolute Gasteiger partial charge is 0.545 e. The quantitative estimate of drug-likeness (QED) is 0.228. The SMILES string of the molecule is O=C([O-])C1=CC(=O)C(=O)C=C1.[Na+]. The summed E-state index contributed by atoms with van der Waals surface area (Å²) in [4.78, 5) is 31.1. The summed E-state index contributed by atoms with van der Waals surface area (Å²) in [6, 6.07) is 0. The Morgan fingerprint density at radius 3 is 2.17 bits per heavy atom. The van der Waals surface area contributed by atoms with Crippen molar-refractivity contribution < 1.29 is 49.0 Å². The van der Waals surface area contributed by atoms with Gasteiger partial charge in [0.25, 0.3) is 0 Å². The Morgan fingerprint density at radius 1 is 1.17 bits per heavy atom. The molecule has 0 heterocycles. The summed E-state index contributed by atoms with van der Waals surface area (Å²) in [6.07, 6.45) is 2.70. The van der Waals surface area contributed by atoms with Crippen LogP contribution in [0.4, 0.5) is 0 Å². The standard InChI is InChI=1S/C7H4O4.Na/c8-5-2-1-4(7(10)11)3-6(5)9;/h1-3H,(H,10,11);/q;+1/p-1. The average Bonchev–Trinajstić information content (AvgIpc) is 1.94. The fourth-order valence-electron chi connectivity index (χ4n) is 0.635. The number of carbonyl (C=O) groups is 3. The van der Waals surface area contributed by atoms with Crippen LogP contribution in [0.15, 0.2) is 23.8 Å². The van der Waals surface area contributed by atoms with Gasteiger partial charge >= 0.3 is 29.6 Å². The van der Waals surface area contributed by atoms with E-state index in [0.29, 0.717) is 0 Å². The Kier molecular flexibility index (Phi) is 4.09. The molecule has 1 aliphatic rings. The second-order valence-corrected chi connectivity index (χ2v) is 1.95.